The number of halogens is 3. The summed E-state index contributed by atoms with van der Waals surface area (Å²) < 4.78 is 0.678. The summed E-state index contributed by atoms with van der Waals surface area (Å²) in [6, 6.07) is 2.83. The van der Waals surface area contributed by atoms with Crippen molar-refractivity contribution in [1.82, 2.24) is 0 Å². The number of rotatable bonds is 3. The molecule has 1 rings (SSSR count). The van der Waals surface area contributed by atoms with E-state index in [-0.39, 0.29) is 5.91 Å². The second kappa shape index (κ2) is 5.87. The normalized spacial score (nSPS) is 12.3. The number of nitrogens with one attached hydrogen (secondary N) is 1. The van der Waals surface area contributed by atoms with Gasteiger partial charge < -0.3 is 11.1 Å². The number of hydrogen-bond acceptors (Lipinski definition) is 2. The molecule has 0 aliphatic heterocycles. The minimum atomic E-state index is -0.543. The maximum absolute atomic E-state index is 11.5. The third kappa shape index (κ3) is 3.10. The molecule has 1 aromatic carbocycles. The van der Waals surface area contributed by atoms with Crippen LogP contribution in [0.3, 0.4) is 0 Å². The van der Waals surface area contributed by atoms with Gasteiger partial charge in [-0.3, -0.25) is 4.79 Å². The molecule has 3 nitrogen and oxygen atoms in total. The van der Waals surface area contributed by atoms with Crippen molar-refractivity contribution in [2.75, 3.05) is 5.32 Å². The monoisotopic (exact) mass is 324 g/mol. The van der Waals surface area contributed by atoms with Crippen LogP contribution in [0.15, 0.2) is 16.6 Å². The van der Waals surface area contributed by atoms with Crippen LogP contribution < -0.4 is 11.1 Å². The van der Waals surface area contributed by atoms with Gasteiger partial charge in [-0.25, -0.2) is 0 Å². The van der Waals surface area contributed by atoms with Crippen LogP contribution in [0.5, 0.6) is 0 Å². The summed E-state index contributed by atoms with van der Waals surface area (Å²) in [5.41, 5.74) is 6.05. The van der Waals surface area contributed by atoms with E-state index < -0.39 is 6.04 Å². The third-order valence-corrected chi connectivity index (χ3v) is 3.84. The summed E-state index contributed by atoms with van der Waals surface area (Å²) in [7, 11) is 0. The van der Waals surface area contributed by atoms with E-state index in [1.807, 2.05) is 6.92 Å². The molecule has 6 heteroatoms. The fraction of sp³-hybridized carbons (Fsp3) is 0.300. The Morgan fingerprint density at radius 2 is 2.12 bits per heavy atom. The number of carbonyl (C=O) groups excluding carboxylic acids is 1. The zero-order valence-corrected chi connectivity index (χ0v) is 11.7. The van der Waals surface area contributed by atoms with Crippen LogP contribution in [0, 0.1) is 0 Å². The molecule has 16 heavy (non-hydrogen) atoms. The minimum Gasteiger partial charge on any atom is -0.323 e. The van der Waals surface area contributed by atoms with E-state index in [1.54, 1.807) is 12.1 Å². The Bertz CT molecular complexity index is 412. The highest BCUT2D eigenvalue weighted by Gasteiger charge is 2.14. The van der Waals surface area contributed by atoms with Crippen LogP contribution in [0.25, 0.3) is 0 Å². The molecular formula is C10H11BrCl2N2O. The maximum atomic E-state index is 11.5. The molecule has 88 valence electrons. The summed E-state index contributed by atoms with van der Waals surface area (Å²) >= 11 is 15.1. The minimum absolute atomic E-state index is 0.275. The van der Waals surface area contributed by atoms with Crippen LogP contribution in [-0.4, -0.2) is 11.9 Å². The SMILES string of the molecule is CCC(N)C(=O)Nc1ccc(Br)c(Cl)c1Cl. The van der Waals surface area contributed by atoms with Crippen molar-refractivity contribution < 1.29 is 4.79 Å². The van der Waals surface area contributed by atoms with Gasteiger partial charge in [0.2, 0.25) is 5.91 Å². The van der Waals surface area contributed by atoms with Gasteiger partial charge in [-0.1, -0.05) is 30.1 Å². The molecule has 1 amide bonds. The first kappa shape index (κ1) is 13.8. The van der Waals surface area contributed by atoms with Crippen LogP contribution in [0.1, 0.15) is 13.3 Å². The van der Waals surface area contributed by atoms with Crippen molar-refractivity contribution >= 4 is 50.7 Å². The quantitative estimate of drug-likeness (QED) is 0.836. The fourth-order valence-electron chi connectivity index (χ4n) is 1.03. The van der Waals surface area contributed by atoms with Gasteiger partial charge >= 0.3 is 0 Å². The molecule has 0 saturated heterocycles. The van der Waals surface area contributed by atoms with Gasteiger partial charge in [0.05, 0.1) is 21.8 Å². The number of carbonyl (C=O) groups is 1. The van der Waals surface area contributed by atoms with Gasteiger partial charge in [0, 0.05) is 4.47 Å². The largest absolute Gasteiger partial charge is 0.323 e. The molecule has 0 aliphatic carbocycles. The smallest absolute Gasteiger partial charge is 0.241 e. The highest BCUT2D eigenvalue weighted by Crippen LogP contribution is 2.35. The van der Waals surface area contributed by atoms with Gasteiger partial charge in [0.25, 0.3) is 0 Å². The lowest BCUT2D eigenvalue weighted by molar-refractivity contribution is -0.117. The summed E-state index contributed by atoms with van der Waals surface area (Å²) in [5, 5.41) is 3.29. The van der Waals surface area contributed by atoms with Crippen LogP contribution in [0.2, 0.25) is 10.0 Å². The maximum Gasteiger partial charge on any atom is 0.241 e. The Kier molecular flexibility index (Phi) is 5.05. The Hall–Kier alpha value is -0.290. The third-order valence-electron chi connectivity index (χ3n) is 2.07. The van der Waals surface area contributed by atoms with Crippen molar-refractivity contribution in [3.63, 3.8) is 0 Å². The second-order valence-electron chi connectivity index (χ2n) is 3.23. The van der Waals surface area contributed by atoms with Crippen molar-refractivity contribution in [1.29, 1.82) is 0 Å². The predicted molar refractivity (Wildman–Crippen MR) is 71.1 cm³/mol. The van der Waals surface area contributed by atoms with E-state index in [4.69, 9.17) is 28.9 Å². The van der Waals surface area contributed by atoms with Crippen molar-refractivity contribution in [2.24, 2.45) is 5.73 Å². The Morgan fingerprint density at radius 1 is 1.50 bits per heavy atom. The predicted octanol–water partition coefficient (Wildman–Crippen LogP) is 3.43. The summed E-state index contributed by atoms with van der Waals surface area (Å²) in [6.07, 6.45) is 0.563. The van der Waals surface area contributed by atoms with Gasteiger partial charge in [-0.2, -0.15) is 0 Å². The molecular weight excluding hydrogens is 315 g/mol. The molecule has 1 atom stereocenters. The highest BCUT2D eigenvalue weighted by atomic mass is 79.9. The van der Waals surface area contributed by atoms with E-state index in [9.17, 15) is 4.79 Å². The second-order valence-corrected chi connectivity index (χ2v) is 4.84. The van der Waals surface area contributed by atoms with E-state index in [1.165, 1.54) is 0 Å². The van der Waals surface area contributed by atoms with Crippen molar-refractivity contribution in [3.8, 4) is 0 Å². The summed E-state index contributed by atoms with van der Waals surface area (Å²) in [4.78, 5) is 11.5. The van der Waals surface area contributed by atoms with E-state index in [0.29, 0.717) is 26.6 Å². The Balaban J connectivity index is 2.91. The summed E-state index contributed by atoms with van der Waals surface area (Å²) in [6.45, 7) is 1.83. The van der Waals surface area contributed by atoms with E-state index in [2.05, 4.69) is 21.2 Å². The molecule has 0 radical (unpaired) electrons. The molecule has 0 spiro atoms. The van der Waals surface area contributed by atoms with E-state index in [0.717, 1.165) is 0 Å². The number of hydrogen-bond donors (Lipinski definition) is 2. The zero-order chi connectivity index (χ0) is 12.3. The van der Waals surface area contributed by atoms with Crippen LogP contribution in [-0.2, 0) is 4.79 Å². The average molecular weight is 326 g/mol. The fourth-order valence-corrected chi connectivity index (χ4v) is 1.85. The lowest BCUT2D eigenvalue weighted by Crippen LogP contribution is -2.34. The first-order chi connectivity index (χ1) is 7.47. The van der Waals surface area contributed by atoms with Crippen LogP contribution >= 0.6 is 39.1 Å². The van der Waals surface area contributed by atoms with Crippen LogP contribution in [0.4, 0.5) is 5.69 Å². The molecule has 0 fully saturated rings. The Morgan fingerprint density at radius 3 is 2.69 bits per heavy atom. The van der Waals surface area contributed by atoms with Gasteiger partial charge in [0.1, 0.15) is 0 Å². The average Bonchev–Trinajstić information content (AvgIpc) is 2.28. The van der Waals surface area contributed by atoms with Crippen molar-refractivity contribution in [3.05, 3.63) is 26.7 Å². The number of benzene rings is 1. The van der Waals surface area contributed by atoms with Gasteiger partial charge in [-0.15, -0.1) is 0 Å². The number of amides is 1. The molecule has 0 heterocycles. The molecule has 3 N–H and O–H groups in total. The first-order valence-corrected chi connectivity index (χ1v) is 6.22. The topological polar surface area (TPSA) is 55.1 Å². The molecule has 1 unspecified atom stereocenters. The standard InChI is InChI=1S/C10H11BrCl2N2O/c1-2-6(14)10(16)15-7-4-3-5(11)8(12)9(7)13/h3-4,6H,2,14H2,1H3,(H,15,16). The number of nitrogens with two attached hydrogens (primary N) is 1. The van der Waals surface area contributed by atoms with Gasteiger partial charge in [-0.05, 0) is 34.5 Å². The Labute approximate surface area is 112 Å². The van der Waals surface area contributed by atoms with E-state index >= 15 is 0 Å². The van der Waals surface area contributed by atoms with Crippen molar-refractivity contribution in [2.45, 2.75) is 19.4 Å². The first-order valence-electron chi connectivity index (χ1n) is 4.67. The molecule has 0 aliphatic rings. The van der Waals surface area contributed by atoms with Gasteiger partial charge in [0.15, 0.2) is 0 Å². The molecule has 0 bridgehead atoms. The lowest BCUT2D eigenvalue weighted by Gasteiger charge is -2.12. The zero-order valence-electron chi connectivity index (χ0n) is 8.56. The summed E-state index contributed by atoms with van der Waals surface area (Å²) in [5.74, 6) is -0.275. The lowest BCUT2D eigenvalue weighted by atomic mass is 10.2. The highest BCUT2D eigenvalue weighted by molar-refractivity contribution is 9.10. The molecule has 0 aromatic heterocycles. The molecule has 0 saturated carbocycles. The molecule has 1 aromatic rings. The number of anilines is 1.